The van der Waals surface area contributed by atoms with Gasteiger partial charge in [0, 0.05) is 13.1 Å². The Kier molecular flexibility index (Phi) is 6.12. The van der Waals surface area contributed by atoms with E-state index in [-0.39, 0.29) is 17.1 Å². The zero-order chi connectivity index (χ0) is 20.3. The SMILES string of the molecule is CCN(CC)S(=O)(=O)c1cc(C(=O)OCc2nc3ccccc3s2)ccc1C. The summed E-state index contributed by atoms with van der Waals surface area (Å²) in [6.07, 6.45) is 0. The Morgan fingerprint density at radius 2 is 1.86 bits per heavy atom. The average Bonchev–Trinajstić information content (AvgIpc) is 3.10. The molecule has 28 heavy (non-hydrogen) atoms. The molecule has 3 aromatic rings. The first-order valence-electron chi connectivity index (χ1n) is 8.99. The van der Waals surface area contributed by atoms with Gasteiger partial charge >= 0.3 is 5.97 Å². The lowest BCUT2D eigenvalue weighted by atomic mass is 10.1. The summed E-state index contributed by atoms with van der Waals surface area (Å²) >= 11 is 1.46. The summed E-state index contributed by atoms with van der Waals surface area (Å²) in [4.78, 5) is 17.0. The summed E-state index contributed by atoms with van der Waals surface area (Å²) in [7, 11) is -3.66. The third-order valence-electron chi connectivity index (χ3n) is 4.41. The first-order valence-corrected chi connectivity index (χ1v) is 11.2. The number of carbonyl (C=O) groups excluding carboxylic acids is 1. The Labute approximate surface area is 168 Å². The number of carbonyl (C=O) groups is 1. The van der Waals surface area contributed by atoms with Gasteiger partial charge in [-0.05, 0) is 36.8 Å². The van der Waals surface area contributed by atoms with E-state index < -0.39 is 16.0 Å². The summed E-state index contributed by atoms with van der Waals surface area (Å²) < 4.78 is 33.4. The Morgan fingerprint density at radius 1 is 1.14 bits per heavy atom. The van der Waals surface area contributed by atoms with E-state index >= 15 is 0 Å². The number of benzene rings is 2. The molecule has 0 bridgehead atoms. The van der Waals surface area contributed by atoms with Crippen LogP contribution in [0, 0.1) is 6.92 Å². The molecule has 0 saturated carbocycles. The monoisotopic (exact) mass is 418 g/mol. The van der Waals surface area contributed by atoms with Crippen molar-refractivity contribution < 1.29 is 17.9 Å². The van der Waals surface area contributed by atoms with Crippen LogP contribution in [0.15, 0.2) is 47.4 Å². The van der Waals surface area contributed by atoms with Crippen LogP contribution in [0.4, 0.5) is 0 Å². The molecular weight excluding hydrogens is 396 g/mol. The molecule has 0 amide bonds. The standard InChI is InChI=1S/C20H22N2O4S2/c1-4-22(5-2)28(24,25)18-12-15(11-10-14(18)3)20(23)26-13-19-21-16-8-6-7-9-17(16)27-19/h6-12H,4-5,13H2,1-3H3. The number of fused-ring (bicyclic) bond motifs is 1. The number of rotatable bonds is 7. The van der Waals surface area contributed by atoms with Crippen molar-refractivity contribution in [2.75, 3.05) is 13.1 Å². The molecule has 0 unspecified atom stereocenters. The number of nitrogens with zero attached hydrogens (tertiary/aromatic N) is 2. The summed E-state index contributed by atoms with van der Waals surface area (Å²) in [5.41, 5.74) is 1.66. The van der Waals surface area contributed by atoms with E-state index in [0.717, 1.165) is 10.2 Å². The van der Waals surface area contributed by atoms with Crippen LogP contribution in [0.1, 0.15) is 34.8 Å². The minimum atomic E-state index is -3.66. The van der Waals surface area contributed by atoms with Crippen LogP contribution < -0.4 is 0 Å². The topological polar surface area (TPSA) is 76.6 Å². The predicted octanol–water partition coefficient (Wildman–Crippen LogP) is 3.99. The molecule has 0 N–H and O–H groups in total. The molecule has 3 rings (SSSR count). The van der Waals surface area contributed by atoms with Gasteiger partial charge in [-0.25, -0.2) is 18.2 Å². The third kappa shape index (κ3) is 4.09. The van der Waals surface area contributed by atoms with E-state index in [9.17, 15) is 13.2 Å². The number of hydrogen-bond donors (Lipinski definition) is 0. The molecule has 0 aliphatic rings. The zero-order valence-corrected chi connectivity index (χ0v) is 17.6. The number of sulfonamides is 1. The quantitative estimate of drug-likeness (QED) is 0.542. The highest BCUT2D eigenvalue weighted by atomic mass is 32.2. The second kappa shape index (κ2) is 8.38. The number of aromatic nitrogens is 1. The summed E-state index contributed by atoms with van der Waals surface area (Å²) in [6.45, 7) is 6.06. The fourth-order valence-electron chi connectivity index (χ4n) is 2.90. The van der Waals surface area contributed by atoms with E-state index in [0.29, 0.717) is 23.7 Å². The van der Waals surface area contributed by atoms with Crippen LogP contribution in [0.5, 0.6) is 0 Å². The summed E-state index contributed by atoms with van der Waals surface area (Å²) in [5.74, 6) is -0.574. The largest absolute Gasteiger partial charge is 0.455 e. The van der Waals surface area contributed by atoms with Gasteiger partial charge in [0.15, 0.2) is 0 Å². The molecule has 8 heteroatoms. The summed E-state index contributed by atoms with van der Waals surface area (Å²) in [6, 6.07) is 12.3. The van der Waals surface area contributed by atoms with Gasteiger partial charge in [0.25, 0.3) is 0 Å². The molecule has 0 atom stereocenters. The van der Waals surface area contributed by atoms with Crippen molar-refractivity contribution in [2.24, 2.45) is 0 Å². The van der Waals surface area contributed by atoms with Crippen molar-refractivity contribution in [1.29, 1.82) is 0 Å². The van der Waals surface area contributed by atoms with E-state index in [2.05, 4.69) is 4.98 Å². The minimum absolute atomic E-state index is 0.0458. The highest BCUT2D eigenvalue weighted by Crippen LogP contribution is 2.24. The normalized spacial score (nSPS) is 11.9. The van der Waals surface area contributed by atoms with Crippen LogP contribution in [-0.4, -0.2) is 36.8 Å². The summed E-state index contributed by atoms with van der Waals surface area (Å²) in [5, 5.41) is 0.692. The molecule has 0 fully saturated rings. The Bertz CT molecular complexity index is 1070. The van der Waals surface area contributed by atoms with Crippen LogP contribution in [0.2, 0.25) is 0 Å². The van der Waals surface area contributed by atoms with Crippen LogP contribution >= 0.6 is 11.3 Å². The van der Waals surface area contributed by atoms with E-state index in [1.807, 2.05) is 24.3 Å². The van der Waals surface area contributed by atoms with Gasteiger partial charge in [0.2, 0.25) is 10.0 Å². The van der Waals surface area contributed by atoms with Crippen molar-refractivity contribution in [3.05, 3.63) is 58.6 Å². The fourth-order valence-corrected chi connectivity index (χ4v) is 5.49. The molecule has 1 heterocycles. The maximum absolute atomic E-state index is 12.8. The molecule has 2 aromatic carbocycles. The third-order valence-corrected chi connectivity index (χ3v) is 7.61. The highest BCUT2D eigenvalue weighted by Gasteiger charge is 2.25. The van der Waals surface area contributed by atoms with Gasteiger partial charge in [0.05, 0.1) is 20.7 Å². The first kappa shape index (κ1) is 20.4. The van der Waals surface area contributed by atoms with Crippen molar-refractivity contribution in [1.82, 2.24) is 9.29 Å². The van der Waals surface area contributed by atoms with Gasteiger partial charge in [-0.1, -0.05) is 32.0 Å². The first-order chi connectivity index (χ1) is 13.4. The van der Waals surface area contributed by atoms with Gasteiger partial charge in [0.1, 0.15) is 11.6 Å². The highest BCUT2D eigenvalue weighted by molar-refractivity contribution is 7.89. The van der Waals surface area contributed by atoms with Crippen LogP contribution in [0.3, 0.4) is 0 Å². The molecule has 1 aromatic heterocycles. The zero-order valence-electron chi connectivity index (χ0n) is 16.0. The molecule has 0 aliphatic carbocycles. The van der Waals surface area contributed by atoms with Crippen LogP contribution in [-0.2, 0) is 21.4 Å². The molecule has 0 saturated heterocycles. The lowest BCUT2D eigenvalue weighted by Crippen LogP contribution is -2.31. The maximum atomic E-state index is 12.8. The van der Waals surface area contributed by atoms with Gasteiger partial charge in [-0.15, -0.1) is 11.3 Å². The van der Waals surface area contributed by atoms with Gasteiger partial charge in [-0.3, -0.25) is 0 Å². The Hall–Kier alpha value is -2.29. The lowest BCUT2D eigenvalue weighted by Gasteiger charge is -2.20. The fraction of sp³-hybridized carbons (Fsp3) is 0.300. The molecule has 6 nitrogen and oxygen atoms in total. The Morgan fingerprint density at radius 3 is 2.54 bits per heavy atom. The number of hydrogen-bond acceptors (Lipinski definition) is 6. The molecule has 148 valence electrons. The minimum Gasteiger partial charge on any atom is -0.455 e. The van der Waals surface area contributed by atoms with Crippen molar-refractivity contribution in [3.63, 3.8) is 0 Å². The average molecular weight is 419 g/mol. The predicted molar refractivity (Wildman–Crippen MR) is 110 cm³/mol. The van der Waals surface area contributed by atoms with E-state index in [1.54, 1.807) is 32.9 Å². The van der Waals surface area contributed by atoms with Crippen molar-refractivity contribution >= 4 is 37.5 Å². The van der Waals surface area contributed by atoms with Gasteiger partial charge < -0.3 is 4.74 Å². The molecule has 0 aliphatic heterocycles. The number of para-hydroxylation sites is 1. The van der Waals surface area contributed by atoms with E-state index in [4.69, 9.17) is 4.74 Å². The van der Waals surface area contributed by atoms with Crippen molar-refractivity contribution in [3.8, 4) is 0 Å². The number of aryl methyl sites for hydroxylation is 1. The molecule has 0 radical (unpaired) electrons. The number of thiazole rings is 1. The second-order valence-corrected chi connectivity index (χ2v) is 9.24. The lowest BCUT2D eigenvalue weighted by molar-refractivity contribution is 0.0472. The number of ether oxygens (including phenoxy) is 1. The molecular formula is C20H22N2O4S2. The maximum Gasteiger partial charge on any atom is 0.338 e. The molecule has 0 spiro atoms. The smallest absolute Gasteiger partial charge is 0.338 e. The van der Waals surface area contributed by atoms with Crippen LogP contribution in [0.25, 0.3) is 10.2 Å². The van der Waals surface area contributed by atoms with Gasteiger partial charge in [-0.2, -0.15) is 4.31 Å². The van der Waals surface area contributed by atoms with Crippen molar-refractivity contribution in [2.45, 2.75) is 32.3 Å². The van der Waals surface area contributed by atoms with E-state index in [1.165, 1.54) is 21.7 Å². The Balaban J connectivity index is 1.80. The number of esters is 1. The second-order valence-electron chi connectivity index (χ2n) is 6.22.